The zero-order valence-corrected chi connectivity index (χ0v) is 11.7. The van der Waals surface area contributed by atoms with Gasteiger partial charge in [-0.05, 0) is 6.42 Å². The molecular formula is C14H16N4O2. The SMILES string of the molecule is CCC[C@@H]1O[C@]2(C)OC(=N)[C@]1(C#N)C(C#N)(C#N)[C@H]2C. The molecule has 3 rings (SSSR count). The molecule has 3 fully saturated rings. The highest BCUT2D eigenvalue weighted by Crippen LogP contribution is 2.62. The summed E-state index contributed by atoms with van der Waals surface area (Å²) in [4.78, 5) is 0. The molecule has 0 spiro atoms. The van der Waals surface area contributed by atoms with Crippen LogP contribution in [0.15, 0.2) is 0 Å². The fraction of sp³-hybridized carbons (Fsp3) is 0.714. The van der Waals surface area contributed by atoms with Gasteiger partial charge in [-0.2, -0.15) is 15.8 Å². The molecule has 3 aliphatic heterocycles. The maximum Gasteiger partial charge on any atom is 0.214 e. The Morgan fingerprint density at radius 2 is 1.85 bits per heavy atom. The van der Waals surface area contributed by atoms with Crippen molar-refractivity contribution < 1.29 is 9.47 Å². The van der Waals surface area contributed by atoms with E-state index in [1.54, 1.807) is 13.8 Å². The Labute approximate surface area is 118 Å². The van der Waals surface area contributed by atoms with Crippen LogP contribution in [-0.4, -0.2) is 17.8 Å². The average Bonchev–Trinajstić information content (AvgIpc) is 2.42. The number of hydrogen-bond donors (Lipinski definition) is 1. The number of nitriles is 3. The lowest BCUT2D eigenvalue weighted by molar-refractivity contribution is -0.336. The lowest BCUT2D eigenvalue weighted by Crippen LogP contribution is -2.73. The fourth-order valence-corrected chi connectivity index (χ4v) is 3.33. The first-order valence-electron chi connectivity index (χ1n) is 6.58. The molecule has 3 heterocycles. The van der Waals surface area contributed by atoms with E-state index in [9.17, 15) is 15.8 Å². The number of nitrogens with one attached hydrogen (secondary N) is 1. The van der Waals surface area contributed by atoms with Crippen molar-refractivity contribution in [2.24, 2.45) is 16.7 Å². The first-order valence-corrected chi connectivity index (χ1v) is 6.58. The minimum absolute atomic E-state index is 0.326. The van der Waals surface area contributed by atoms with Crippen molar-refractivity contribution in [3.63, 3.8) is 0 Å². The molecule has 0 aromatic carbocycles. The molecule has 2 bridgehead atoms. The van der Waals surface area contributed by atoms with Crippen molar-refractivity contribution in [2.45, 2.75) is 45.5 Å². The molecule has 0 aromatic rings. The van der Waals surface area contributed by atoms with E-state index < -0.39 is 28.6 Å². The molecule has 0 amide bonds. The topological polar surface area (TPSA) is 114 Å². The van der Waals surface area contributed by atoms with E-state index in [-0.39, 0.29) is 5.90 Å². The molecule has 6 heteroatoms. The number of hydrogen-bond acceptors (Lipinski definition) is 6. The van der Waals surface area contributed by atoms with Gasteiger partial charge in [-0.15, -0.1) is 0 Å². The number of ether oxygens (including phenoxy) is 2. The van der Waals surface area contributed by atoms with Crippen molar-refractivity contribution in [2.75, 3.05) is 0 Å². The largest absolute Gasteiger partial charge is 0.448 e. The maximum absolute atomic E-state index is 9.68. The van der Waals surface area contributed by atoms with E-state index in [0.717, 1.165) is 6.42 Å². The van der Waals surface area contributed by atoms with Gasteiger partial charge in [0, 0.05) is 6.92 Å². The summed E-state index contributed by atoms with van der Waals surface area (Å²) in [5.41, 5.74) is -3.30. The van der Waals surface area contributed by atoms with Crippen LogP contribution >= 0.6 is 0 Å². The monoisotopic (exact) mass is 272 g/mol. The van der Waals surface area contributed by atoms with Crippen LogP contribution in [0.4, 0.5) is 0 Å². The van der Waals surface area contributed by atoms with Gasteiger partial charge in [-0.3, -0.25) is 5.41 Å². The van der Waals surface area contributed by atoms with Gasteiger partial charge in [0.2, 0.25) is 11.7 Å². The third kappa shape index (κ3) is 1.26. The smallest absolute Gasteiger partial charge is 0.214 e. The summed E-state index contributed by atoms with van der Waals surface area (Å²) in [5, 5.41) is 37.0. The van der Waals surface area contributed by atoms with Crippen LogP contribution in [0.5, 0.6) is 0 Å². The van der Waals surface area contributed by atoms with E-state index >= 15 is 0 Å². The van der Waals surface area contributed by atoms with Gasteiger partial charge in [0.15, 0.2) is 10.8 Å². The van der Waals surface area contributed by atoms with Gasteiger partial charge in [0.1, 0.15) is 0 Å². The normalized spacial score (nSPS) is 41.1. The van der Waals surface area contributed by atoms with Gasteiger partial charge in [-0.1, -0.05) is 20.3 Å². The molecule has 0 aromatic heterocycles. The molecule has 104 valence electrons. The lowest BCUT2D eigenvalue weighted by Gasteiger charge is -2.60. The van der Waals surface area contributed by atoms with Gasteiger partial charge < -0.3 is 9.47 Å². The summed E-state index contributed by atoms with van der Waals surface area (Å²) in [5.74, 6) is -2.18. The van der Waals surface area contributed by atoms with E-state index in [4.69, 9.17) is 14.9 Å². The Kier molecular flexibility index (Phi) is 3.00. The average molecular weight is 272 g/mol. The summed E-state index contributed by atoms with van der Waals surface area (Å²) in [7, 11) is 0. The van der Waals surface area contributed by atoms with Crippen LogP contribution in [-0.2, 0) is 9.47 Å². The molecule has 0 radical (unpaired) electrons. The summed E-state index contributed by atoms with van der Waals surface area (Å²) in [6.07, 6.45) is 0.533. The first-order chi connectivity index (χ1) is 9.38. The van der Waals surface area contributed by atoms with Crippen LogP contribution in [0.25, 0.3) is 0 Å². The van der Waals surface area contributed by atoms with E-state index in [0.29, 0.717) is 6.42 Å². The molecule has 1 N–H and O–H groups in total. The summed E-state index contributed by atoms with van der Waals surface area (Å²) < 4.78 is 11.3. The number of fused-ring (bicyclic) bond motifs is 3. The second kappa shape index (κ2) is 4.20. The van der Waals surface area contributed by atoms with Crippen LogP contribution in [0.3, 0.4) is 0 Å². The van der Waals surface area contributed by atoms with Crippen LogP contribution in [0, 0.1) is 56.2 Å². The third-order valence-corrected chi connectivity index (χ3v) is 4.66. The fourth-order valence-electron chi connectivity index (χ4n) is 3.33. The van der Waals surface area contributed by atoms with Crippen molar-refractivity contribution in [1.29, 1.82) is 21.2 Å². The van der Waals surface area contributed by atoms with Crippen molar-refractivity contribution in [3.05, 3.63) is 0 Å². The van der Waals surface area contributed by atoms with Gasteiger partial charge >= 0.3 is 0 Å². The van der Waals surface area contributed by atoms with E-state index in [1.165, 1.54) is 0 Å². The highest BCUT2D eigenvalue weighted by molar-refractivity contribution is 5.88. The molecule has 3 aliphatic rings. The van der Waals surface area contributed by atoms with Crippen molar-refractivity contribution >= 4 is 5.90 Å². The highest BCUT2D eigenvalue weighted by Gasteiger charge is 2.77. The van der Waals surface area contributed by atoms with Gasteiger partial charge in [-0.25, -0.2) is 0 Å². The molecule has 20 heavy (non-hydrogen) atoms. The van der Waals surface area contributed by atoms with Crippen LogP contribution in [0.1, 0.15) is 33.6 Å². The summed E-state index contributed by atoms with van der Waals surface area (Å²) in [6, 6.07) is 6.01. The van der Waals surface area contributed by atoms with Crippen LogP contribution < -0.4 is 0 Å². The Hall–Kier alpha value is -2.10. The molecule has 4 atom stereocenters. The number of nitrogens with zero attached hydrogens (tertiary/aromatic N) is 3. The molecule has 3 saturated heterocycles. The predicted octanol–water partition coefficient (Wildman–Crippen LogP) is 2.09. The number of rotatable bonds is 2. The highest BCUT2D eigenvalue weighted by atomic mass is 16.7. The Balaban J connectivity index is 2.76. The van der Waals surface area contributed by atoms with E-state index in [2.05, 4.69) is 0 Å². The summed E-state index contributed by atoms with van der Waals surface area (Å²) in [6.45, 7) is 5.21. The quantitative estimate of drug-likeness (QED) is 0.826. The van der Waals surface area contributed by atoms with Gasteiger partial charge in [0.05, 0.1) is 30.2 Å². The minimum Gasteiger partial charge on any atom is -0.448 e. The molecule has 0 unspecified atom stereocenters. The van der Waals surface area contributed by atoms with Crippen molar-refractivity contribution in [1.82, 2.24) is 0 Å². The summed E-state index contributed by atoms with van der Waals surface area (Å²) >= 11 is 0. The maximum atomic E-state index is 9.68. The Bertz CT molecular complexity index is 567. The predicted molar refractivity (Wildman–Crippen MR) is 67.9 cm³/mol. The molecular weight excluding hydrogens is 256 g/mol. The standard InChI is InChI=1S/C14H16N4O2/c1-4-5-10-14(8-17)11(18)20-12(3,19-10)9(2)13(14,6-15)7-16/h9-10,18H,4-5H2,1-3H3/t9-,10-,12+,14+/m0/s1. The van der Waals surface area contributed by atoms with E-state index in [1.807, 2.05) is 25.1 Å². The minimum atomic E-state index is -1.66. The lowest BCUT2D eigenvalue weighted by atomic mass is 9.51. The second-order valence-electron chi connectivity index (χ2n) is 5.52. The van der Waals surface area contributed by atoms with Crippen LogP contribution in [0.2, 0.25) is 0 Å². The molecule has 6 nitrogen and oxygen atoms in total. The van der Waals surface area contributed by atoms with Crippen molar-refractivity contribution in [3.8, 4) is 18.2 Å². The zero-order valence-electron chi connectivity index (χ0n) is 11.7. The zero-order chi connectivity index (χ0) is 15.2. The Morgan fingerprint density at radius 1 is 1.25 bits per heavy atom. The van der Waals surface area contributed by atoms with Gasteiger partial charge in [0.25, 0.3) is 0 Å². The first kappa shape index (κ1) is 14.3. The Morgan fingerprint density at radius 3 is 2.30 bits per heavy atom. The molecule has 0 aliphatic carbocycles. The molecule has 0 saturated carbocycles. The second-order valence-corrected chi connectivity index (χ2v) is 5.52. The third-order valence-electron chi connectivity index (χ3n) is 4.66.